The van der Waals surface area contributed by atoms with E-state index in [1.807, 2.05) is 54.6 Å². The molecule has 1 aromatic heterocycles. The van der Waals surface area contributed by atoms with Crippen molar-refractivity contribution in [3.05, 3.63) is 89.2 Å². The zero-order valence-corrected chi connectivity index (χ0v) is 17.2. The van der Waals surface area contributed by atoms with Crippen LogP contribution in [0.1, 0.15) is 0 Å². The third kappa shape index (κ3) is 3.97. The van der Waals surface area contributed by atoms with Crippen molar-refractivity contribution in [2.75, 3.05) is 31.2 Å². The van der Waals surface area contributed by atoms with Crippen LogP contribution in [0.2, 0.25) is 5.02 Å². The molecule has 1 fully saturated rings. The summed E-state index contributed by atoms with van der Waals surface area (Å²) in [5.74, 6) is 0.804. The minimum absolute atomic E-state index is 0.677. The van der Waals surface area contributed by atoms with Crippen molar-refractivity contribution in [3.63, 3.8) is 0 Å². The van der Waals surface area contributed by atoms with Gasteiger partial charge < -0.3 is 14.1 Å². The maximum atomic E-state index is 6.27. The smallest absolute Gasteiger partial charge is 0.218 e. The largest absolute Gasteiger partial charge is 0.456 e. The minimum Gasteiger partial charge on any atom is -0.456 e. The number of hydrogen-bond donors (Lipinski definition) is 1. The number of nitrogens with one attached hydrogen (secondary N) is 1. The Kier molecular flexibility index (Phi) is 5.26. The van der Waals surface area contributed by atoms with Crippen LogP contribution in [0.15, 0.2) is 83.3 Å². The second kappa shape index (κ2) is 8.34. The first-order valence-electron chi connectivity index (χ1n) is 10.1. The highest BCUT2D eigenvalue weighted by atomic mass is 35.5. The molecule has 5 heteroatoms. The van der Waals surface area contributed by atoms with Crippen LogP contribution in [-0.2, 0) is 4.74 Å². The van der Waals surface area contributed by atoms with Crippen LogP contribution in [-0.4, -0.2) is 26.3 Å². The number of benzene rings is 3. The second-order valence-corrected chi connectivity index (χ2v) is 7.74. The summed E-state index contributed by atoms with van der Waals surface area (Å²) in [4.78, 5) is 5.90. The SMILES string of the molecule is Clc1ccc2oc(-c3ccccc3)cc(=[NH+]c3ccc(N4CCOCC4)cc3)c2c1. The van der Waals surface area contributed by atoms with Gasteiger partial charge in [-0.25, -0.2) is 4.99 Å². The summed E-state index contributed by atoms with van der Waals surface area (Å²) in [6.07, 6.45) is 0. The van der Waals surface area contributed by atoms with Gasteiger partial charge in [0.05, 0.1) is 24.7 Å². The number of fused-ring (bicyclic) bond motifs is 1. The molecule has 0 radical (unpaired) electrons. The molecule has 0 unspecified atom stereocenters. The number of halogens is 1. The topological polar surface area (TPSA) is 39.6 Å². The van der Waals surface area contributed by atoms with Crippen molar-refractivity contribution in [1.82, 2.24) is 0 Å². The molecule has 0 atom stereocenters. The quantitative estimate of drug-likeness (QED) is 0.549. The van der Waals surface area contributed by atoms with Crippen LogP contribution >= 0.6 is 11.6 Å². The molecule has 1 N–H and O–H groups in total. The number of ether oxygens (including phenoxy) is 1. The summed E-state index contributed by atoms with van der Waals surface area (Å²) in [5, 5.41) is 2.58. The Morgan fingerprint density at radius 1 is 0.833 bits per heavy atom. The van der Waals surface area contributed by atoms with Gasteiger partial charge in [0, 0.05) is 41.5 Å². The average molecular weight is 418 g/mol. The first-order valence-corrected chi connectivity index (χ1v) is 10.5. The Morgan fingerprint density at radius 3 is 2.37 bits per heavy atom. The number of hydrogen-bond acceptors (Lipinski definition) is 3. The van der Waals surface area contributed by atoms with Crippen LogP contribution in [0.4, 0.5) is 11.4 Å². The molecule has 0 aliphatic carbocycles. The Morgan fingerprint density at radius 2 is 1.60 bits per heavy atom. The van der Waals surface area contributed by atoms with Crippen LogP contribution in [0, 0.1) is 0 Å². The number of nitrogens with zero attached hydrogens (tertiary/aromatic N) is 1. The van der Waals surface area contributed by atoms with Gasteiger partial charge in [-0.3, -0.25) is 0 Å². The predicted octanol–water partition coefficient (Wildman–Crippen LogP) is 3.90. The van der Waals surface area contributed by atoms with E-state index in [1.165, 1.54) is 5.69 Å². The lowest BCUT2D eigenvalue weighted by Crippen LogP contribution is -2.70. The molecule has 4 nitrogen and oxygen atoms in total. The lowest BCUT2D eigenvalue weighted by atomic mass is 10.1. The highest BCUT2D eigenvalue weighted by Crippen LogP contribution is 2.23. The van der Waals surface area contributed by atoms with Gasteiger partial charge in [0.15, 0.2) is 0 Å². The molecule has 4 aromatic rings. The van der Waals surface area contributed by atoms with E-state index < -0.39 is 0 Å². The Hall–Kier alpha value is -3.08. The predicted molar refractivity (Wildman–Crippen MR) is 120 cm³/mol. The molecule has 1 aliphatic heterocycles. The summed E-state index contributed by atoms with van der Waals surface area (Å²) in [5.41, 5.74) is 4.04. The number of morpholine rings is 1. The van der Waals surface area contributed by atoms with Crippen LogP contribution in [0.25, 0.3) is 22.3 Å². The van der Waals surface area contributed by atoms with Gasteiger partial charge in [-0.2, -0.15) is 0 Å². The van der Waals surface area contributed by atoms with E-state index in [9.17, 15) is 0 Å². The maximum absolute atomic E-state index is 6.27. The summed E-state index contributed by atoms with van der Waals surface area (Å²) < 4.78 is 11.6. The molecule has 1 saturated heterocycles. The summed E-state index contributed by atoms with van der Waals surface area (Å²) in [6, 6.07) is 26.3. The molecule has 0 amide bonds. The Bertz CT molecular complexity index is 1230. The normalized spacial score (nSPS) is 15.0. The highest BCUT2D eigenvalue weighted by Gasteiger charge is 2.13. The van der Waals surface area contributed by atoms with Crippen molar-refractivity contribution in [1.29, 1.82) is 0 Å². The zero-order chi connectivity index (χ0) is 20.3. The lowest BCUT2D eigenvalue weighted by molar-refractivity contribution is -0.400. The third-order valence-corrected chi connectivity index (χ3v) is 5.54. The fourth-order valence-electron chi connectivity index (χ4n) is 3.74. The highest BCUT2D eigenvalue weighted by molar-refractivity contribution is 6.31. The van der Waals surface area contributed by atoms with E-state index in [0.717, 1.165) is 59.6 Å². The van der Waals surface area contributed by atoms with Crippen molar-refractivity contribution >= 4 is 33.9 Å². The molecular weight excluding hydrogens is 396 g/mol. The number of anilines is 1. The Balaban J connectivity index is 1.59. The molecular formula is C25H22ClN2O2+. The molecule has 3 aromatic carbocycles. The average Bonchev–Trinajstić information content (AvgIpc) is 2.81. The van der Waals surface area contributed by atoms with E-state index >= 15 is 0 Å². The summed E-state index contributed by atoms with van der Waals surface area (Å²) in [6.45, 7) is 3.41. The van der Waals surface area contributed by atoms with Crippen LogP contribution < -0.4 is 15.2 Å². The van der Waals surface area contributed by atoms with Gasteiger partial charge in [-0.05, 0) is 30.3 Å². The fraction of sp³-hybridized carbons (Fsp3) is 0.160. The molecule has 1 aliphatic rings. The van der Waals surface area contributed by atoms with E-state index in [-0.39, 0.29) is 0 Å². The molecule has 0 spiro atoms. The van der Waals surface area contributed by atoms with E-state index in [0.29, 0.717) is 5.02 Å². The molecule has 30 heavy (non-hydrogen) atoms. The molecule has 150 valence electrons. The van der Waals surface area contributed by atoms with Gasteiger partial charge in [0.1, 0.15) is 11.3 Å². The zero-order valence-electron chi connectivity index (χ0n) is 16.5. The van der Waals surface area contributed by atoms with Crippen molar-refractivity contribution < 1.29 is 14.1 Å². The number of rotatable bonds is 3. The van der Waals surface area contributed by atoms with Crippen molar-refractivity contribution in [3.8, 4) is 11.3 Å². The van der Waals surface area contributed by atoms with E-state index in [4.69, 9.17) is 20.8 Å². The molecule has 2 heterocycles. The summed E-state index contributed by atoms with van der Waals surface area (Å²) >= 11 is 6.27. The van der Waals surface area contributed by atoms with Crippen LogP contribution in [0.5, 0.6) is 0 Å². The molecule has 0 saturated carbocycles. The maximum Gasteiger partial charge on any atom is 0.218 e. The Labute approximate surface area is 180 Å². The van der Waals surface area contributed by atoms with Gasteiger partial charge in [0.25, 0.3) is 0 Å². The van der Waals surface area contributed by atoms with Crippen LogP contribution in [0.3, 0.4) is 0 Å². The molecule has 0 bridgehead atoms. The van der Waals surface area contributed by atoms with Gasteiger partial charge >= 0.3 is 0 Å². The first kappa shape index (κ1) is 18.9. The third-order valence-electron chi connectivity index (χ3n) is 5.31. The standard InChI is InChI=1S/C25H21ClN2O2/c26-19-6-11-24-22(16-19)23(17-25(30-24)18-4-2-1-3-5-18)27-20-7-9-21(10-8-20)28-12-14-29-15-13-28/h1-11,16-17H,12-15H2/p+1. The van der Waals surface area contributed by atoms with E-state index in [2.05, 4.69) is 34.2 Å². The molecule has 5 rings (SSSR count). The summed E-state index contributed by atoms with van der Waals surface area (Å²) in [7, 11) is 0. The van der Waals surface area contributed by atoms with Gasteiger partial charge in [-0.1, -0.05) is 41.9 Å². The first-order chi connectivity index (χ1) is 14.8. The van der Waals surface area contributed by atoms with Crippen molar-refractivity contribution in [2.45, 2.75) is 0 Å². The van der Waals surface area contributed by atoms with Gasteiger partial charge in [0.2, 0.25) is 11.0 Å². The second-order valence-electron chi connectivity index (χ2n) is 7.30. The van der Waals surface area contributed by atoms with E-state index in [1.54, 1.807) is 0 Å². The minimum atomic E-state index is 0.677. The van der Waals surface area contributed by atoms with Crippen molar-refractivity contribution in [2.24, 2.45) is 0 Å². The monoisotopic (exact) mass is 417 g/mol. The fourth-order valence-corrected chi connectivity index (χ4v) is 3.91. The van der Waals surface area contributed by atoms with Gasteiger partial charge in [-0.15, -0.1) is 0 Å². The lowest BCUT2D eigenvalue weighted by Gasteiger charge is -2.28.